The molecule has 0 spiro atoms. The van der Waals surface area contributed by atoms with Gasteiger partial charge in [0.2, 0.25) is 0 Å². The normalized spacial score (nSPS) is 10.7. The number of anilines is 1. The Labute approximate surface area is 140 Å². The van der Waals surface area contributed by atoms with Crippen LogP contribution in [0, 0.1) is 6.92 Å². The summed E-state index contributed by atoms with van der Waals surface area (Å²) in [5, 5.41) is 7.37. The fraction of sp³-hybridized carbons (Fsp3) is 0.222. The van der Waals surface area contributed by atoms with E-state index >= 15 is 0 Å². The Kier molecular flexibility index (Phi) is 4.65. The Balaban J connectivity index is 1.53. The van der Waals surface area contributed by atoms with Crippen LogP contribution in [-0.2, 0) is 6.42 Å². The number of aryl methyl sites for hydroxylation is 2. The van der Waals surface area contributed by atoms with Crippen LogP contribution in [0.1, 0.15) is 28.2 Å². The number of carbonyl (C=O) groups excluding carboxylic acids is 1. The van der Waals surface area contributed by atoms with Gasteiger partial charge in [0.05, 0.1) is 17.6 Å². The predicted octanol–water partition coefficient (Wildman–Crippen LogP) is 2.72. The SMILES string of the molecule is Cc1ccoc1C(=O)NCCCc1cc(N)n(-c2ccccc2)n1. The van der Waals surface area contributed by atoms with E-state index in [0.717, 1.165) is 29.8 Å². The monoisotopic (exact) mass is 324 g/mol. The largest absolute Gasteiger partial charge is 0.459 e. The molecule has 2 aromatic heterocycles. The first-order valence-corrected chi connectivity index (χ1v) is 7.87. The number of amides is 1. The van der Waals surface area contributed by atoms with Gasteiger partial charge < -0.3 is 15.5 Å². The molecule has 0 aliphatic rings. The molecule has 3 rings (SSSR count). The van der Waals surface area contributed by atoms with E-state index < -0.39 is 0 Å². The molecule has 3 N–H and O–H groups in total. The zero-order valence-corrected chi connectivity index (χ0v) is 13.5. The van der Waals surface area contributed by atoms with E-state index in [2.05, 4.69) is 10.4 Å². The minimum atomic E-state index is -0.188. The third-order valence-corrected chi connectivity index (χ3v) is 3.75. The lowest BCUT2D eigenvalue weighted by atomic mass is 10.2. The highest BCUT2D eigenvalue weighted by Gasteiger charge is 2.12. The molecule has 0 aliphatic heterocycles. The summed E-state index contributed by atoms with van der Waals surface area (Å²) in [6.07, 6.45) is 3.03. The number of hydrogen-bond donors (Lipinski definition) is 2. The molecule has 0 atom stereocenters. The van der Waals surface area contributed by atoms with Crippen LogP contribution in [0.3, 0.4) is 0 Å². The average molecular weight is 324 g/mol. The summed E-state index contributed by atoms with van der Waals surface area (Å²) in [5.74, 6) is 0.783. The van der Waals surface area contributed by atoms with Crippen molar-refractivity contribution in [2.45, 2.75) is 19.8 Å². The number of para-hydroxylation sites is 1. The smallest absolute Gasteiger partial charge is 0.287 e. The van der Waals surface area contributed by atoms with E-state index in [1.807, 2.05) is 43.3 Å². The molecule has 1 amide bonds. The summed E-state index contributed by atoms with van der Waals surface area (Å²) >= 11 is 0. The standard InChI is InChI=1S/C18H20N4O2/c1-13-9-11-24-17(13)18(23)20-10-5-6-14-12-16(19)22(21-14)15-7-3-2-4-8-15/h2-4,7-9,11-12H,5-6,10,19H2,1H3,(H,20,23). The topological polar surface area (TPSA) is 86.1 Å². The fourth-order valence-electron chi connectivity index (χ4n) is 2.50. The van der Waals surface area contributed by atoms with Crippen LogP contribution in [0.4, 0.5) is 5.82 Å². The Morgan fingerprint density at radius 2 is 2.08 bits per heavy atom. The molecule has 124 valence electrons. The molecule has 0 saturated heterocycles. The zero-order valence-electron chi connectivity index (χ0n) is 13.5. The summed E-state index contributed by atoms with van der Waals surface area (Å²) in [6.45, 7) is 2.40. The molecule has 0 fully saturated rings. The summed E-state index contributed by atoms with van der Waals surface area (Å²) in [5.41, 5.74) is 8.70. The molecule has 2 heterocycles. The van der Waals surface area contributed by atoms with Crippen LogP contribution in [0.2, 0.25) is 0 Å². The van der Waals surface area contributed by atoms with Crippen LogP contribution < -0.4 is 11.1 Å². The van der Waals surface area contributed by atoms with Gasteiger partial charge in [-0.15, -0.1) is 0 Å². The van der Waals surface area contributed by atoms with Crippen LogP contribution in [0.25, 0.3) is 5.69 Å². The third kappa shape index (κ3) is 3.48. The molecule has 0 unspecified atom stereocenters. The lowest BCUT2D eigenvalue weighted by Crippen LogP contribution is -2.24. The first-order chi connectivity index (χ1) is 11.6. The number of rotatable bonds is 6. The maximum atomic E-state index is 11.9. The average Bonchev–Trinajstić information content (AvgIpc) is 3.18. The van der Waals surface area contributed by atoms with Crippen molar-refractivity contribution in [3.63, 3.8) is 0 Å². The lowest BCUT2D eigenvalue weighted by Gasteiger charge is -2.03. The molecule has 6 heteroatoms. The van der Waals surface area contributed by atoms with Crippen molar-refractivity contribution in [3.05, 3.63) is 65.7 Å². The van der Waals surface area contributed by atoms with Crippen molar-refractivity contribution >= 4 is 11.7 Å². The Morgan fingerprint density at radius 1 is 1.29 bits per heavy atom. The number of benzene rings is 1. The van der Waals surface area contributed by atoms with Gasteiger partial charge in [-0.25, -0.2) is 4.68 Å². The van der Waals surface area contributed by atoms with Crippen molar-refractivity contribution in [1.82, 2.24) is 15.1 Å². The second-order valence-electron chi connectivity index (χ2n) is 5.60. The number of nitrogens with two attached hydrogens (primary N) is 1. The van der Waals surface area contributed by atoms with Gasteiger partial charge >= 0.3 is 0 Å². The second kappa shape index (κ2) is 7.04. The van der Waals surface area contributed by atoms with Gasteiger partial charge in [0, 0.05) is 18.2 Å². The quantitative estimate of drug-likeness (QED) is 0.683. The summed E-state index contributed by atoms with van der Waals surface area (Å²) in [4.78, 5) is 11.9. The van der Waals surface area contributed by atoms with E-state index in [4.69, 9.17) is 10.2 Å². The van der Waals surface area contributed by atoms with E-state index in [1.165, 1.54) is 6.26 Å². The molecule has 6 nitrogen and oxygen atoms in total. The van der Waals surface area contributed by atoms with Gasteiger partial charge in [-0.1, -0.05) is 18.2 Å². The first kappa shape index (κ1) is 15.9. The molecule has 0 saturated carbocycles. The van der Waals surface area contributed by atoms with Crippen molar-refractivity contribution in [3.8, 4) is 5.69 Å². The van der Waals surface area contributed by atoms with Crippen molar-refractivity contribution in [2.24, 2.45) is 0 Å². The molecule has 0 radical (unpaired) electrons. The van der Waals surface area contributed by atoms with Gasteiger partial charge in [0.25, 0.3) is 5.91 Å². The maximum absolute atomic E-state index is 11.9. The number of aromatic nitrogens is 2. The highest BCUT2D eigenvalue weighted by molar-refractivity contribution is 5.92. The van der Waals surface area contributed by atoms with Gasteiger partial charge in [0.1, 0.15) is 5.82 Å². The molecule has 0 bridgehead atoms. The van der Waals surface area contributed by atoms with Crippen LogP contribution >= 0.6 is 0 Å². The Hall–Kier alpha value is -3.02. The number of hydrogen-bond acceptors (Lipinski definition) is 4. The predicted molar refractivity (Wildman–Crippen MR) is 92.1 cm³/mol. The van der Waals surface area contributed by atoms with E-state index in [-0.39, 0.29) is 5.91 Å². The highest BCUT2D eigenvalue weighted by Crippen LogP contribution is 2.15. The second-order valence-corrected chi connectivity index (χ2v) is 5.60. The molecule has 3 aromatic rings. The van der Waals surface area contributed by atoms with Gasteiger partial charge in [-0.2, -0.15) is 5.10 Å². The van der Waals surface area contributed by atoms with Gasteiger partial charge in [-0.05, 0) is 38.0 Å². The minimum absolute atomic E-state index is 0.188. The van der Waals surface area contributed by atoms with Gasteiger partial charge in [0.15, 0.2) is 5.76 Å². The number of nitrogen functional groups attached to an aromatic ring is 1. The van der Waals surface area contributed by atoms with Crippen LogP contribution in [0.15, 0.2) is 53.1 Å². The number of carbonyl (C=O) groups is 1. The Bertz CT molecular complexity index is 821. The number of nitrogens with one attached hydrogen (secondary N) is 1. The molecule has 24 heavy (non-hydrogen) atoms. The third-order valence-electron chi connectivity index (χ3n) is 3.75. The van der Waals surface area contributed by atoms with Crippen LogP contribution in [0.5, 0.6) is 0 Å². The number of nitrogens with zero attached hydrogens (tertiary/aromatic N) is 2. The minimum Gasteiger partial charge on any atom is -0.459 e. The number of furan rings is 1. The first-order valence-electron chi connectivity index (χ1n) is 7.87. The lowest BCUT2D eigenvalue weighted by molar-refractivity contribution is 0.0924. The zero-order chi connectivity index (χ0) is 16.9. The van der Waals surface area contributed by atoms with Crippen molar-refractivity contribution in [2.75, 3.05) is 12.3 Å². The summed E-state index contributed by atoms with van der Waals surface area (Å²) < 4.78 is 6.89. The van der Waals surface area contributed by atoms with E-state index in [1.54, 1.807) is 10.7 Å². The summed E-state index contributed by atoms with van der Waals surface area (Å²) in [6, 6.07) is 13.4. The summed E-state index contributed by atoms with van der Waals surface area (Å²) in [7, 11) is 0. The fourth-order valence-corrected chi connectivity index (χ4v) is 2.50. The molecular weight excluding hydrogens is 304 g/mol. The van der Waals surface area contributed by atoms with Crippen LogP contribution in [-0.4, -0.2) is 22.2 Å². The highest BCUT2D eigenvalue weighted by atomic mass is 16.3. The van der Waals surface area contributed by atoms with Gasteiger partial charge in [-0.3, -0.25) is 4.79 Å². The Morgan fingerprint density at radius 3 is 2.79 bits per heavy atom. The van der Waals surface area contributed by atoms with Crippen molar-refractivity contribution in [1.29, 1.82) is 0 Å². The molecule has 1 aromatic carbocycles. The van der Waals surface area contributed by atoms with Crippen molar-refractivity contribution < 1.29 is 9.21 Å². The molecule has 0 aliphatic carbocycles. The van der Waals surface area contributed by atoms with E-state index in [9.17, 15) is 4.79 Å². The maximum Gasteiger partial charge on any atom is 0.287 e. The van der Waals surface area contributed by atoms with E-state index in [0.29, 0.717) is 18.1 Å². The molecular formula is C18H20N4O2.